The van der Waals surface area contributed by atoms with Crippen molar-refractivity contribution < 1.29 is 74.0 Å². The number of halogens is 9. The van der Waals surface area contributed by atoms with Crippen LogP contribution >= 0.6 is 11.3 Å². The van der Waals surface area contributed by atoms with Gasteiger partial charge in [0.05, 0.1) is 5.41 Å². The van der Waals surface area contributed by atoms with Gasteiger partial charge in [0.25, 0.3) is 0 Å². The van der Waals surface area contributed by atoms with Crippen LogP contribution in [0.3, 0.4) is 0 Å². The fourth-order valence-electron chi connectivity index (χ4n) is 5.29. The Morgan fingerprint density at radius 3 is 1.82 bits per heavy atom. The zero-order valence-electron chi connectivity index (χ0n) is 26.2. The molecular formula is C29H30F9N5O7S. The molecule has 12 nitrogen and oxygen atoms in total. The molecule has 2 atom stereocenters. The van der Waals surface area contributed by atoms with Crippen LogP contribution < -0.4 is 0 Å². The first-order valence-electron chi connectivity index (χ1n) is 14.3. The van der Waals surface area contributed by atoms with Crippen molar-refractivity contribution in [1.29, 1.82) is 0 Å². The van der Waals surface area contributed by atoms with Crippen molar-refractivity contribution in [2.75, 3.05) is 19.6 Å². The van der Waals surface area contributed by atoms with Crippen LogP contribution in [0.4, 0.5) is 39.5 Å². The molecule has 282 valence electrons. The molecule has 5 heterocycles. The van der Waals surface area contributed by atoms with Gasteiger partial charge in [-0.1, -0.05) is 6.07 Å². The predicted molar refractivity (Wildman–Crippen MR) is 158 cm³/mol. The van der Waals surface area contributed by atoms with Gasteiger partial charge >= 0.3 is 36.4 Å². The van der Waals surface area contributed by atoms with Crippen LogP contribution in [0, 0.1) is 5.41 Å². The Morgan fingerprint density at radius 2 is 1.39 bits per heavy atom. The first kappa shape index (κ1) is 42.4. The molecule has 0 saturated carbocycles. The van der Waals surface area contributed by atoms with E-state index in [1.807, 2.05) is 30.1 Å². The molecule has 0 bridgehead atoms. The molecule has 0 radical (unpaired) electrons. The topological polar surface area (TPSA) is 166 Å². The maximum atomic E-state index is 14.0. The number of piperidine rings is 1. The highest BCUT2D eigenvalue weighted by molar-refractivity contribution is 7.09. The second-order valence-corrected chi connectivity index (χ2v) is 12.0. The Hall–Kier alpha value is -4.73. The van der Waals surface area contributed by atoms with Gasteiger partial charge in [0.1, 0.15) is 0 Å². The number of pyridine rings is 1. The summed E-state index contributed by atoms with van der Waals surface area (Å²) in [6, 6.07) is 10.4. The largest absolute Gasteiger partial charge is 0.490 e. The highest BCUT2D eigenvalue weighted by Gasteiger charge is 2.55. The molecule has 2 aliphatic heterocycles. The summed E-state index contributed by atoms with van der Waals surface area (Å²) in [6.45, 7) is 4.10. The summed E-state index contributed by atoms with van der Waals surface area (Å²) in [5, 5.41) is 27.9. The van der Waals surface area contributed by atoms with Gasteiger partial charge in [-0.3, -0.25) is 19.4 Å². The number of likely N-dealkylation sites (tertiary alicyclic amines) is 2. The summed E-state index contributed by atoms with van der Waals surface area (Å²) in [5.41, 5.74) is 1.93. The SMILES string of the molecule is Cn1nccc1[C@@H]1CN(Cc2cccs2)C[C@]12CCCN(Cc1ccncc1)C2=O.O=C(O)C(F)(F)F.O=C(O)C(F)(F)F.O=C(O)C(F)(F)F. The van der Waals surface area contributed by atoms with Crippen molar-refractivity contribution in [3.8, 4) is 0 Å². The van der Waals surface area contributed by atoms with E-state index >= 15 is 0 Å². The molecule has 0 aliphatic carbocycles. The average molecular weight is 764 g/mol. The second kappa shape index (κ2) is 17.5. The molecule has 2 aliphatic rings. The molecule has 3 aromatic heterocycles. The number of amides is 1. The van der Waals surface area contributed by atoms with E-state index in [4.69, 9.17) is 29.7 Å². The van der Waals surface area contributed by atoms with E-state index in [2.05, 4.69) is 43.5 Å². The molecule has 2 fully saturated rings. The second-order valence-electron chi connectivity index (χ2n) is 10.9. The van der Waals surface area contributed by atoms with Gasteiger partial charge in [0.15, 0.2) is 0 Å². The van der Waals surface area contributed by atoms with E-state index < -0.39 is 36.4 Å². The van der Waals surface area contributed by atoms with Crippen LogP contribution in [0.5, 0.6) is 0 Å². The summed E-state index contributed by atoms with van der Waals surface area (Å²) in [6.07, 6.45) is -7.81. The molecule has 5 rings (SSSR count). The van der Waals surface area contributed by atoms with Crippen LogP contribution in [0.25, 0.3) is 0 Å². The van der Waals surface area contributed by atoms with Crippen molar-refractivity contribution in [3.63, 3.8) is 0 Å². The zero-order chi connectivity index (χ0) is 38.8. The molecule has 3 aromatic rings. The minimum absolute atomic E-state index is 0.165. The Morgan fingerprint density at radius 1 is 0.863 bits per heavy atom. The van der Waals surface area contributed by atoms with E-state index in [0.717, 1.165) is 44.6 Å². The van der Waals surface area contributed by atoms with Gasteiger partial charge in [-0.2, -0.15) is 44.6 Å². The van der Waals surface area contributed by atoms with Gasteiger partial charge in [-0.15, -0.1) is 11.3 Å². The molecule has 0 unspecified atom stereocenters. The third-order valence-electron chi connectivity index (χ3n) is 7.40. The standard InChI is InChI=1S/C23H27N5OS.3C2HF3O2/c1-26-21(7-11-25-26)20-16-27(15-19-4-2-13-30-19)17-23(20)8-3-12-28(22(23)29)14-18-5-9-24-10-6-18;3*3-2(4,5)1(6)7/h2,4-7,9-11,13,20H,3,8,12,14-17H2,1H3;3*(H,6,7)/t20-,23+;;;/m0.../s1. The van der Waals surface area contributed by atoms with Gasteiger partial charge in [-0.05, 0) is 48.1 Å². The minimum Gasteiger partial charge on any atom is -0.475 e. The molecule has 2 saturated heterocycles. The number of carbonyl (C=O) groups is 4. The molecule has 22 heteroatoms. The number of nitrogens with zero attached hydrogens (tertiary/aromatic N) is 5. The summed E-state index contributed by atoms with van der Waals surface area (Å²) >= 11 is 1.79. The van der Waals surface area contributed by atoms with Gasteiger partial charge in [0, 0.05) is 74.9 Å². The number of aliphatic carboxylic acids is 3. The van der Waals surface area contributed by atoms with Crippen LogP contribution in [-0.2, 0) is 39.3 Å². The Bertz CT molecular complexity index is 1540. The van der Waals surface area contributed by atoms with E-state index in [1.165, 1.54) is 10.6 Å². The van der Waals surface area contributed by atoms with Crippen molar-refractivity contribution in [1.82, 2.24) is 24.6 Å². The molecule has 1 spiro atoms. The smallest absolute Gasteiger partial charge is 0.475 e. The average Bonchev–Trinajstić information content (AvgIpc) is 3.77. The number of carboxylic acids is 3. The van der Waals surface area contributed by atoms with Crippen molar-refractivity contribution in [3.05, 3.63) is 70.4 Å². The van der Waals surface area contributed by atoms with Gasteiger partial charge in [-0.25, -0.2) is 14.4 Å². The Kier molecular flexibility index (Phi) is 14.5. The fourth-order valence-corrected chi connectivity index (χ4v) is 6.04. The predicted octanol–water partition coefficient (Wildman–Crippen LogP) is 5.18. The molecule has 0 aromatic carbocycles. The highest BCUT2D eigenvalue weighted by atomic mass is 32.1. The number of hydrogen-bond donors (Lipinski definition) is 3. The monoisotopic (exact) mass is 763 g/mol. The van der Waals surface area contributed by atoms with Gasteiger partial charge < -0.3 is 20.2 Å². The summed E-state index contributed by atoms with van der Waals surface area (Å²) in [4.78, 5) is 50.7. The third-order valence-corrected chi connectivity index (χ3v) is 8.26. The van der Waals surface area contributed by atoms with E-state index in [0.29, 0.717) is 12.5 Å². The highest BCUT2D eigenvalue weighted by Crippen LogP contribution is 2.50. The third kappa shape index (κ3) is 12.5. The molecule has 3 N–H and O–H groups in total. The molecule has 51 heavy (non-hydrogen) atoms. The van der Waals surface area contributed by atoms with E-state index in [-0.39, 0.29) is 11.3 Å². The van der Waals surface area contributed by atoms with E-state index in [9.17, 15) is 44.3 Å². The minimum atomic E-state index is -5.08. The lowest BCUT2D eigenvalue weighted by atomic mass is 9.70. The number of aromatic nitrogens is 3. The van der Waals surface area contributed by atoms with Crippen molar-refractivity contribution in [2.45, 2.75) is 50.4 Å². The summed E-state index contributed by atoms with van der Waals surface area (Å²) < 4.78 is 97.2. The number of rotatable bonds is 5. The Balaban J connectivity index is 0.000000352. The number of aryl methyl sites for hydroxylation is 1. The van der Waals surface area contributed by atoms with Crippen molar-refractivity contribution >= 4 is 35.2 Å². The fraction of sp³-hybridized carbons (Fsp3) is 0.448. The number of thiophene rings is 1. The number of carbonyl (C=O) groups excluding carboxylic acids is 1. The number of carboxylic acid groups (broad SMARTS) is 3. The van der Waals surface area contributed by atoms with Gasteiger partial charge in [0.2, 0.25) is 5.91 Å². The molecular weight excluding hydrogens is 733 g/mol. The first-order valence-corrected chi connectivity index (χ1v) is 15.2. The lowest BCUT2D eigenvalue weighted by Crippen LogP contribution is -2.52. The van der Waals surface area contributed by atoms with Crippen LogP contribution in [0.15, 0.2) is 54.3 Å². The normalized spacial score (nSPS) is 19.2. The maximum absolute atomic E-state index is 14.0. The number of hydrogen-bond acceptors (Lipinski definition) is 8. The summed E-state index contributed by atoms with van der Waals surface area (Å²) in [7, 11) is 1.99. The lowest BCUT2D eigenvalue weighted by Gasteiger charge is -2.42. The van der Waals surface area contributed by atoms with Crippen LogP contribution in [-0.4, -0.2) is 102 Å². The molecule has 1 amide bonds. The number of alkyl halides is 9. The quantitative estimate of drug-likeness (QED) is 0.295. The maximum Gasteiger partial charge on any atom is 0.490 e. The van der Waals surface area contributed by atoms with Crippen LogP contribution in [0.1, 0.15) is 34.9 Å². The lowest BCUT2D eigenvalue weighted by molar-refractivity contribution is -0.193. The Labute approximate surface area is 286 Å². The zero-order valence-corrected chi connectivity index (χ0v) is 27.1. The summed E-state index contributed by atoms with van der Waals surface area (Å²) in [5.74, 6) is -7.81. The van der Waals surface area contributed by atoms with Crippen LogP contribution in [0.2, 0.25) is 0 Å². The van der Waals surface area contributed by atoms with E-state index in [1.54, 1.807) is 23.7 Å². The van der Waals surface area contributed by atoms with Crippen molar-refractivity contribution in [2.24, 2.45) is 12.5 Å². The first-order chi connectivity index (χ1) is 23.5.